The molecule has 0 aliphatic carbocycles. The zero-order valence-electron chi connectivity index (χ0n) is 15.1. The van der Waals surface area contributed by atoms with Crippen LogP contribution in [0.15, 0.2) is 59.6 Å². The van der Waals surface area contributed by atoms with Gasteiger partial charge >= 0.3 is 5.91 Å². The number of carbonyl (C=O) groups is 2. The van der Waals surface area contributed by atoms with E-state index in [-0.39, 0.29) is 16.4 Å². The molecule has 3 aromatic rings. The van der Waals surface area contributed by atoms with E-state index in [1.165, 1.54) is 22.3 Å². The third-order valence-electron chi connectivity index (χ3n) is 4.65. The Morgan fingerprint density at radius 3 is 2.48 bits per heavy atom. The van der Waals surface area contributed by atoms with Gasteiger partial charge in [-0.3, -0.25) is 14.5 Å². The summed E-state index contributed by atoms with van der Waals surface area (Å²) in [5, 5.41) is 13.7. The molecule has 8 heteroatoms. The summed E-state index contributed by atoms with van der Waals surface area (Å²) in [5.41, 5.74) is 1.86. The normalized spacial score (nSPS) is 18.4. The molecule has 0 spiro atoms. The number of thiazole rings is 1. The molecule has 1 N–H and O–H groups in total. The maximum atomic E-state index is 13.0. The molecule has 0 radical (unpaired) electrons. The second-order valence-electron chi connectivity index (χ2n) is 6.52. The Kier molecular flexibility index (Phi) is 5.17. The predicted molar refractivity (Wildman–Crippen MR) is 115 cm³/mol. The molecule has 0 saturated carbocycles. The molecule has 1 aliphatic heterocycles. The number of anilines is 1. The van der Waals surface area contributed by atoms with Gasteiger partial charge in [0.2, 0.25) is 0 Å². The van der Waals surface area contributed by atoms with Gasteiger partial charge in [-0.25, -0.2) is 4.98 Å². The second kappa shape index (κ2) is 7.63. The standard InChI is InChI=1S/C21H14Cl2N2O3S/c1-11-2-4-12(5-3-11)18(26)16-17(14-7-6-13(22)10-15(14)23)25(20(28)19(16)27)21-24-8-9-29-21/h2-10,17,26H,1H3/t17-/m1/s1. The Balaban J connectivity index is 1.97. The van der Waals surface area contributed by atoms with Crippen molar-refractivity contribution in [1.82, 2.24) is 4.98 Å². The molecule has 0 unspecified atom stereocenters. The van der Waals surface area contributed by atoms with Crippen LogP contribution in [0.3, 0.4) is 0 Å². The van der Waals surface area contributed by atoms with E-state index in [1.807, 2.05) is 19.1 Å². The minimum absolute atomic E-state index is 0.0433. The van der Waals surface area contributed by atoms with Crippen LogP contribution in [0, 0.1) is 6.92 Å². The van der Waals surface area contributed by atoms with Crippen LogP contribution in [0.1, 0.15) is 22.7 Å². The van der Waals surface area contributed by atoms with Gasteiger partial charge in [-0.2, -0.15) is 0 Å². The zero-order valence-corrected chi connectivity index (χ0v) is 17.4. The number of amides is 1. The Morgan fingerprint density at radius 2 is 1.86 bits per heavy atom. The van der Waals surface area contributed by atoms with Gasteiger partial charge in [0.1, 0.15) is 5.76 Å². The first kappa shape index (κ1) is 19.6. The molecule has 1 aliphatic rings. The number of Topliss-reactive ketones (excluding diaryl/α,β-unsaturated/α-hetero) is 1. The van der Waals surface area contributed by atoms with Crippen LogP contribution in [-0.2, 0) is 9.59 Å². The van der Waals surface area contributed by atoms with Crippen LogP contribution in [-0.4, -0.2) is 21.8 Å². The van der Waals surface area contributed by atoms with Crippen LogP contribution in [0.5, 0.6) is 0 Å². The number of ketones is 1. The topological polar surface area (TPSA) is 70.5 Å². The summed E-state index contributed by atoms with van der Waals surface area (Å²) in [6.07, 6.45) is 1.54. The number of nitrogens with zero attached hydrogens (tertiary/aromatic N) is 2. The lowest BCUT2D eigenvalue weighted by atomic mass is 9.95. The minimum Gasteiger partial charge on any atom is -0.507 e. The fraction of sp³-hybridized carbons (Fsp3) is 0.0952. The van der Waals surface area contributed by atoms with Gasteiger partial charge in [-0.15, -0.1) is 11.3 Å². The van der Waals surface area contributed by atoms with Crippen LogP contribution >= 0.6 is 34.5 Å². The number of aliphatic hydroxyl groups excluding tert-OH is 1. The molecule has 2 heterocycles. The van der Waals surface area contributed by atoms with Gasteiger partial charge < -0.3 is 5.11 Å². The van der Waals surface area contributed by atoms with Crippen molar-refractivity contribution >= 4 is 57.1 Å². The molecule has 5 nitrogen and oxygen atoms in total. The number of hydrogen-bond acceptors (Lipinski definition) is 5. The van der Waals surface area contributed by atoms with Gasteiger partial charge in [-0.1, -0.05) is 59.1 Å². The summed E-state index contributed by atoms with van der Waals surface area (Å²) in [4.78, 5) is 31.3. The predicted octanol–water partition coefficient (Wildman–Crippen LogP) is 5.38. The van der Waals surface area contributed by atoms with Crippen molar-refractivity contribution in [2.45, 2.75) is 13.0 Å². The van der Waals surface area contributed by atoms with Crippen LogP contribution in [0.2, 0.25) is 10.0 Å². The second-order valence-corrected chi connectivity index (χ2v) is 8.23. The van der Waals surface area contributed by atoms with E-state index in [9.17, 15) is 14.7 Å². The maximum absolute atomic E-state index is 13.0. The fourth-order valence-corrected chi connectivity index (χ4v) is 4.43. The largest absolute Gasteiger partial charge is 0.507 e. The van der Waals surface area contributed by atoms with Crippen molar-refractivity contribution in [2.24, 2.45) is 0 Å². The van der Waals surface area contributed by atoms with E-state index in [0.29, 0.717) is 21.3 Å². The average molecular weight is 445 g/mol. The van der Waals surface area contributed by atoms with Crippen LogP contribution < -0.4 is 4.90 Å². The van der Waals surface area contributed by atoms with Gasteiger partial charge in [0.15, 0.2) is 5.13 Å². The third kappa shape index (κ3) is 3.44. The van der Waals surface area contributed by atoms with E-state index in [4.69, 9.17) is 23.2 Å². The zero-order chi connectivity index (χ0) is 20.7. The highest BCUT2D eigenvalue weighted by atomic mass is 35.5. The Morgan fingerprint density at radius 1 is 1.14 bits per heavy atom. The first-order valence-corrected chi connectivity index (χ1v) is 10.2. The number of aryl methyl sites for hydroxylation is 1. The summed E-state index contributed by atoms with van der Waals surface area (Å²) in [7, 11) is 0. The molecule has 4 rings (SSSR count). The van der Waals surface area contributed by atoms with Crippen molar-refractivity contribution < 1.29 is 14.7 Å². The van der Waals surface area contributed by atoms with E-state index in [0.717, 1.165) is 5.56 Å². The van der Waals surface area contributed by atoms with E-state index in [1.54, 1.807) is 35.8 Å². The molecule has 1 atom stereocenters. The molecule has 29 heavy (non-hydrogen) atoms. The van der Waals surface area contributed by atoms with Crippen molar-refractivity contribution in [3.8, 4) is 0 Å². The van der Waals surface area contributed by atoms with Crippen LogP contribution in [0.4, 0.5) is 5.13 Å². The Labute approximate surface area is 180 Å². The SMILES string of the molecule is Cc1ccc(C(O)=C2C(=O)C(=O)N(c3nccs3)[C@@H]2c2ccc(Cl)cc2Cl)cc1. The number of rotatable bonds is 3. The number of aliphatic hydroxyl groups is 1. The molecule has 1 aromatic heterocycles. The third-order valence-corrected chi connectivity index (χ3v) is 5.99. The van der Waals surface area contributed by atoms with E-state index >= 15 is 0 Å². The van der Waals surface area contributed by atoms with Gasteiger partial charge in [-0.05, 0) is 24.6 Å². The Bertz CT molecular complexity index is 1140. The highest BCUT2D eigenvalue weighted by molar-refractivity contribution is 7.14. The molecule has 1 saturated heterocycles. The number of halogens is 2. The summed E-state index contributed by atoms with van der Waals surface area (Å²) in [6.45, 7) is 1.92. The smallest absolute Gasteiger partial charge is 0.301 e. The Hall–Kier alpha value is -2.67. The average Bonchev–Trinajstić information content (AvgIpc) is 3.29. The summed E-state index contributed by atoms with van der Waals surface area (Å²) in [6, 6.07) is 10.9. The van der Waals surface area contributed by atoms with E-state index in [2.05, 4.69) is 4.98 Å². The van der Waals surface area contributed by atoms with Crippen molar-refractivity contribution in [3.63, 3.8) is 0 Å². The fourth-order valence-electron chi connectivity index (χ4n) is 3.25. The van der Waals surface area contributed by atoms with Crippen molar-refractivity contribution in [2.75, 3.05) is 4.90 Å². The van der Waals surface area contributed by atoms with Gasteiger partial charge in [0.05, 0.1) is 11.6 Å². The lowest BCUT2D eigenvalue weighted by Crippen LogP contribution is -2.29. The lowest BCUT2D eigenvalue weighted by Gasteiger charge is -2.23. The number of carbonyl (C=O) groups excluding carboxylic acids is 2. The van der Waals surface area contributed by atoms with E-state index < -0.39 is 17.7 Å². The molecule has 2 aromatic carbocycles. The molecular formula is C21H14Cl2N2O3S. The molecule has 1 fully saturated rings. The lowest BCUT2D eigenvalue weighted by molar-refractivity contribution is -0.132. The number of benzene rings is 2. The minimum atomic E-state index is -0.924. The first-order valence-electron chi connectivity index (χ1n) is 8.61. The molecule has 146 valence electrons. The number of aromatic nitrogens is 1. The van der Waals surface area contributed by atoms with Gasteiger partial charge in [0.25, 0.3) is 5.78 Å². The molecule has 1 amide bonds. The monoisotopic (exact) mass is 444 g/mol. The van der Waals surface area contributed by atoms with Gasteiger partial charge in [0, 0.05) is 27.2 Å². The van der Waals surface area contributed by atoms with Crippen molar-refractivity contribution in [1.29, 1.82) is 0 Å². The first-order chi connectivity index (χ1) is 13.9. The van der Waals surface area contributed by atoms with Crippen molar-refractivity contribution in [3.05, 3.63) is 86.4 Å². The maximum Gasteiger partial charge on any atom is 0.301 e. The van der Waals surface area contributed by atoms with Crippen LogP contribution in [0.25, 0.3) is 5.76 Å². The molecular weight excluding hydrogens is 431 g/mol. The number of hydrogen-bond donors (Lipinski definition) is 1. The molecule has 0 bridgehead atoms. The highest BCUT2D eigenvalue weighted by Gasteiger charge is 2.48. The summed E-state index contributed by atoms with van der Waals surface area (Å²) in [5.74, 6) is -1.84. The highest BCUT2D eigenvalue weighted by Crippen LogP contribution is 2.45. The quantitative estimate of drug-likeness (QED) is 0.334. The summed E-state index contributed by atoms with van der Waals surface area (Å²) < 4.78 is 0. The summed E-state index contributed by atoms with van der Waals surface area (Å²) >= 11 is 13.6.